The minimum Gasteiger partial charge on any atom is -0.363 e. The molecular weight excluding hydrogens is 364 g/mol. The third-order valence-electron chi connectivity index (χ3n) is 5.51. The highest BCUT2D eigenvalue weighted by molar-refractivity contribution is 7.09. The molecule has 0 amide bonds. The van der Waals surface area contributed by atoms with Crippen molar-refractivity contribution in [2.45, 2.75) is 50.7 Å². The highest BCUT2D eigenvalue weighted by Crippen LogP contribution is 2.37. The predicted octanol–water partition coefficient (Wildman–Crippen LogP) is 6.37. The number of hydrogen-bond acceptors (Lipinski definition) is 4. The summed E-state index contributed by atoms with van der Waals surface area (Å²) in [7, 11) is 0. The molecule has 1 saturated carbocycles. The topological polar surface area (TPSA) is 45.9 Å². The van der Waals surface area contributed by atoms with Gasteiger partial charge in [-0.15, -0.1) is 11.3 Å². The number of hydrogen-bond donors (Lipinski definition) is 0. The number of thiazole rings is 1. The summed E-state index contributed by atoms with van der Waals surface area (Å²) in [5, 5.41) is 9.63. The van der Waals surface area contributed by atoms with Crippen molar-refractivity contribution in [1.82, 2.24) is 4.98 Å². The Kier molecular flexibility index (Phi) is 6.16. The van der Waals surface area contributed by atoms with Gasteiger partial charge in [-0.25, -0.2) is 0 Å². The van der Waals surface area contributed by atoms with Crippen LogP contribution in [0.1, 0.15) is 71.3 Å². The normalized spacial score (nSPS) is 15.8. The molecule has 142 valence electrons. The zero-order valence-electron chi connectivity index (χ0n) is 15.9. The van der Waals surface area contributed by atoms with Crippen molar-refractivity contribution in [2.24, 2.45) is 0 Å². The fourth-order valence-electron chi connectivity index (χ4n) is 4.05. The fraction of sp³-hybridized carbons (Fsp3) is 0.333. The standard InChI is InChI=1S/C24H24N2OS/c25-14-21-12-11-20(13-22(21)19-9-5-2-6-10-19)24(23-15-26-17-28-23)27-16-18-7-3-1-4-8-18/h1,3-4,7-8,11-13,15,17,19,24H,2,5-6,9-10,16H2. The lowest BCUT2D eigenvalue weighted by Gasteiger charge is -2.25. The minimum atomic E-state index is -0.164. The lowest BCUT2D eigenvalue weighted by atomic mass is 9.81. The molecule has 1 unspecified atom stereocenters. The van der Waals surface area contributed by atoms with Crippen LogP contribution < -0.4 is 0 Å². The lowest BCUT2D eigenvalue weighted by Crippen LogP contribution is -2.10. The fourth-order valence-corrected chi connectivity index (χ4v) is 4.74. The van der Waals surface area contributed by atoms with Crippen LogP contribution in [0, 0.1) is 11.3 Å². The maximum absolute atomic E-state index is 9.63. The summed E-state index contributed by atoms with van der Waals surface area (Å²) in [6.45, 7) is 0.544. The SMILES string of the molecule is N#Cc1ccc(C(OCc2ccccc2)c2cncs2)cc1C1CCCCC1. The monoisotopic (exact) mass is 388 g/mol. The third-order valence-corrected chi connectivity index (χ3v) is 6.33. The van der Waals surface area contributed by atoms with Gasteiger partial charge in [0.1, 0.15) is 6.10 Å². The third kappa shape index (κ3) is 4.32. The van der Waals surface area contributed by atoms with E-state index >= 15 is 0 Å². The molecule has 1 aliphatic rings. The molecule has 1 aromatic heterocycles. The Morgan fingerprint density at radius 3 is 2.64 bits per heavy atom. The highest BCUT2D eigenvalue weighted by Gasteiger charge is 2.23. The summed E-state index contributed by atoms with van der Waals surface area (Å²) in [5.41, 5.74) is 6.11. The summed E-state index contributed by atoms with van der Waals surface area (Å²) in [6.07, 6.45) is 7.89. The van der Waals surface area contributed by atoms with Crippen LogP contribution in [0.5, 0.6) is 0 Å². The van der Waals surface area contributed by atoms with Crippen molar-refractivity contribution in [2.75, 3.05) is 0 Å². The first-order chi connectivity index (χ1) is 13.8. The smallest absolute Gasteiger partial charge is 0.119 e. The van der Waals surface area contributed by atoms with Gasteiger partial charge in [0.15, 0.2) is 0 Å². The van der Waals surface area contributed by atoms with Gasteiger partial charge < -0.3 is 4.74 Å². The van der Waals surface area contributed by atoms with Gasteiger partial charge in [0.2, 0.25) is 0 Å². The Bertz CT molecular complexity index is 925. The van der Waals surface area contributed by atoms with E-state index in [9.17, 15) is 5.26 Å². The summed E-state index contributed by atoms with van der Waals surface area (Å²) in [4.78, 5) is 5.35. The van der Waals surface area contributed by atoms with Crippen molar-refractivity contribution in [1.29, 1.82) is 5.26 Å². The second-order valence-corrected chi connectivity index (χ2v) is 8.29. The van der Waals surface area contributed by atoms with Crippen molar-refractivity contribution < 1.29 is 4.74 Å². The van der Waals surface area contributed by atoms with Gasteiger partial charge in [0, 0.05) is 6.20 Å². The van der Waals surface area contributed by atoms with E-state index in [1.165, 1.54) is 37.7 Å². The van der Waals surface area contributed by atoms with Crippen LogP contribution >= 0.6 is 11.3 Å². The maximum Gasteiger partial charge on any atom is 0.119 e. The van der Waals surface area contributed by atoms with Crippen molar-refractivity contribution in [3.8, 4) is 6.07 Å². The first kappa shape index (κ1) is 18.9. The van der Waals surface area contributed by atoms with Crippen LogP contribution in [0.4, 0.5) is 0 Å². The number of benzene rings is 2. The molecule has 0 saturated heterocycles. The van der Waals surface area contributed by atoms with Crippen LogP contribution in [0.2, 0.25) is 0 Å². The second kappa shape index (κ2) is 9.14. The molecule has 0 N–H and O–H groups in total. The van der Waals surface area contributed by atoms with Gasteiger partial charge in [0.25, 0.3) is 0 Å². The van der Waals surface area contributed by atoms with Crippen LogP contribution in [-0.2, 0) is 11.3 Å². The molecule has 1 atom stereocenters. The summed E-state index contributed by atoms with van der Waals surface area (Å²) >= 11 is 1.61. The molecule has 1 heterocycles. The van der Waals surface area contributed by atoms with Crippen LogP contribution in [-0.4, -0.2) is 4.98 Å². The van der Waals surface area contributed by atoms with Gasteiger partial charge in [-0.2, -0.15) is 5.26 Å². The molecule has 1 aliphatic carbocycles. The number of ether oxygens (including phenoxy) is 1. The van der Waals surface area contributed by atoms with Crippen molar-refractivity contribution in [3.63, 3.8) is 0 Å². The highest BCUT2D eigenvalue weighted by atomic mass is 32.1. The number of nitriles is 1. The average molecular weight is 389 g/mol. The molecule has 1 fully saturated rings. The molecule has 0 radical (unpaired) electrons. The predicted molar refractivity (Wildman–Crippen MR) is 112 cm³/mol. The molecule has 3 nitrogen and oxygen atoms in total. The molecule has 0 aliphatic heterocycles. The van der Waals surface area contributed by atoms with Crippen molar-refractivity contribution >= 4 is 11.3 Å². The molecule has 4 rings (SSSR count). The van der Waals surface area contributed by atoms with E-state index in [0.717, 1.165) is 21.6 Å². The number of aromatic nitrogens is 1. The Morgan fingerprint density at radius 2 is 1.93 bits per heavy atom. The first-order valence-corrected chi connectivity index (χ1v) is 10.8. The van der Waals surface area contributed by atoms with Crippen LogP contribution in [0.15, 0.2) is 60.2 Å². The molecule has 0 spiro atoms. The Morgan fingerprint density at radius 1 is 1.11 bits per heavy atom. The van der Waals surface area contributed by atoms with Gasteiger partial charge in [0.05, 0.1) is 28.6 Å². The number of rotatable bonds is 6. The molecule has 3 aromatic rings. The van der Waals surface area contributed by atoms with E-state index < -0.39 is 0 Å². The summed E-state index contributed by atoms with van der Waals surface area (Å²) in [5.74, 6) is 0.486. The van der Waals surface area contributed by atoms with E-state index in [-0.39, 0.29) is 6.10 Å². The van der Waals surface area contributed by atoms with Gasteiger partial charge in [-0.1, -0.05) is 61.7 Å². The Hall–Kier alpha value is -2.48. The number of nitrogens with zero attached hydrogens (tertiary/aromatic N) is 2. The molecular formula is C24H24N2OS. The van der Waals surface area contributed by atoms with Gasteiger partial charge in [-0.3, -0.25) is 4.98 Å². The average Bonchev–Trinajstić information content (AvgIpc) is 3.30. The minimum absolute atomic E-state index is 0.164. The zero-order valence-corrected chi connectivity index (χ0v) is 16.7. The first-order valence-electron chi connectivity index (χ1n) is 9.93. The van der Waals surface area contributed by atoms with E-state index in [4.69, 9.17) is 4.74 Å². The molecule has 0 bridgehead atoms. The maximum atomic E-state index is 9.63. The second-order valence-electron chi connectivity index (χ2n) is 7.37. The van der Waals surface area contributed by atoms with Crippen LogP contribution in [0.3, 0.4) is 0 Å². The van der Waals surface area contributed by atoms with E-state index in [1.54, 1.807) is 11.3 Å². The van der Waals surface area contributed by atoms with Gasteiger partial charge >= 0.3 is 0 Å². The Labute approximate surface area is 170 Å². The molecule has 28 heavy (non-hydrogen) atoms. The summed E-state index contributed by atoms with van der Waals surface area (Å²) in [6, 6.07) is 18.9. The van der Waals surface area contributed by atoms with E-state index in [1.807, 2.05) is 42.0 Å². The molecule has 4 heteroatoms. The molecule has 2 aromatic carbocycles. The van der Waals surface area contributed by atoms with E-state index in [2.05, 4.69) is 29.3 Å². The zero-order chi connectivity index (χ0) is 19.2. The van der Waals surface area contributed by atoms with E-state index in [0.29, 0.717) is 12.5 Å². The largest absolute Gasteiger partial charge is 0.363 e. The summed E-state index contributed by atoms with van der Waals surface area (Å²) < 4.78 is 6.36. The van der Waals surface area contributed by atoms with Crippen molar-refractivity contribution in [3.05, 3.63) is 87.4 Å². The van der Waals surface area contributed by atoms with Crippen LogP contribution in [0.25, 0.3) is 0 Å². The lowest BCUT2D eigenvalue weighted by molar-refractivity contribution is 0.0688. The quantitative estimate of drug-likeness (QED) is 0.493. The Balaban J connectivity index is 1.65. The van der Waals surface area contributed by atoms with Gasteiger partial charge in [-0.05, 0) is 41.5 Å².